The van der Waals surface area contributed by atoms with Crippen LogP contribution in [0, 0.1) is 11.8 Å². The van der Waals surface area contributed by atoms with Crippen LogP contribution in [0.4, 0.5) is 4.79 Å². The Morgan fingerprint density at radius 2 is 1.97 bits per heavy atom. The topological polar surface area (TPSA) is 123 Å². The Labute approximate surface area is 198 Å². The first-order valence-electron chi connectivity index (χ1n) is 11.8. The first-order chi connectivity index (χ1) is 16.5. The van der Waals surface area contributed by atoms with Gasteiger partial charge < -0.3 is 24.8 Å². The quantitative estimate of drug-likeness (QED) is 0.416. The normalized spacial score (nSPS) is 23.2. The second-order valence-electron chi connectivity index (χ2n) is 8.96. The summed E-state index contributed by atoms with van der Waals surface area (Å²) in [7, 11) is 1.35. The van der Waals surface area contributed by atoms with Crippen molar-refractivity contribution in [3.63, 3.8) is 0 Å². The molecule has 3 aliphatic rings. The van der Waals surface area contributed by atoms with Gasteiger partial charge in [-0.3, -0.25) is 19.3 Å². The van der Waals surface area contributed by atoms with E-state index in [1.54, 1.807) is 0 Å². The van der Waals surface area contributed by atoms with Gasteiger partial charge in [-0.2, -0.15) is 0 Å². The molecule has 0 aromatic heterocycles. The Morgan fingerprint density at radius 1 is 1.15 bits per heavy atom. The van der Waals surface area contributed by atoms with Crippen LogP contribution in [0.5, 0.6) is 11.5 Å². The number of urea groups is 1. The number of nitrogens with zero attached hydrogens (tertiary/aromatic N) is 1. The van der Waals surface area contributed by atoms with Crippen LogP contribution in [0.25, 0.3) is 0 Å². The highest BCUT2D eigenvalue weighted by Crippen LogP contribution is 2.34. The molecule has 2 aliphatic heterocycles. The number of carbonyl (C=O) groups is 4. The average Bonchev–Trinajstić information content (AvgIpc) is 3.31. The number of nitrogens with one attached hydrogen (secondary N) is 2. The van der Waals surface area contributed by atoms with Gasteiger partial charge in [0.1, 0.15) is 0 Å². The third kappa shape index (κ3) is 5.43. The van der Waals surface area contributed by atoms with Crippen LogP contribution in [0.1, 0.15) is 50.5 Å². The fourth-order valence-corrected chi connectivity index (χ4v) is 4.83. The summed E-state index contributed by atoms with van der Waals surface area (Å²) in [4.78, 5) is 50.5. The van der Waals surface area contributed by atoms with E-state index in [1.807, 2.05) is 18.2 Å². The summed E-state index contributed by atoms with van der Waals surface area (Å²) in [6.45, 7) is 0.956. The lowest BCUT2D eigenvalue weighted by molar-refractivity contribution is -0.149. The van der Waals surface area contributed by atoms with E-state index in [2.05, 4.69) is 10.6 Å². The number of benzene rings is 1. The highest BCUT2D eigenvalue weighted by Gasteiger charge is 2.45. The lowest BCUT2D eigenvalue weighted by atomic mass is 9.76. The molecule has 0 radical (unpaired) electrons. The minimum atomic E-state index is -0.404. The monoisotopic (exact) mass is 473 g/mol. The molecule has 10 heteroatoms. The van der Waals surface area contributed by atoms with Crippen LogP contribution in [0.2, 0.25) is 0 Å². The molecule has 4 rings (SSSR count). The first kappa shape index (κ1) is 23.8. The third-order valence-electron chi connectivity index (χ3n) is 6.73. The molecule has 0 spiro atoms. The highest BCUT2D eigenvalue weighted by atomic mass is 16.7. The van der Waals surface area contributed by atoms with E-state index in [9.17, 15) is 19.2 Å². The van der Waals surface area contributed by atoms with Crippen molar-refractivity contribution >= 4 is 23.8 Å². The van der Waals surface area contributed by atoms with Gasteiger partial charge in [-0.1, -0.05) is 12.5 Å². The van der Waals surface area contributed by atoms with E-state index in [0.29, 0.717) is 63.1 Å². The molecule has 2 heterocycles. The van der Waals surface area contributed by atoms with Crippen molar-refractivity contribution in [3.05, 3.63) is 23.8 Å². The molecule has 1 aromatic carbocycles. The van der Waals surface area contributed by atoms with Gasteiger partial charge in [0.25, 0.3) is 0 Å². The molecule has 3 atom stereocenters. The third-order valence-corrected chi connectivity index (χ3v) is 6.73. The number of imide groups is 1. The summed E-state index contributed by atoms with van der Waals surface area (Å²) in [5.41, 5.74) is 0.936. The van der Waals surface area contributed by atoms with Crippen molar-refractivity contribution in [1.82, 2.24) is 15.5 Å². The van der Waals surface area contributed by atoms with Crippen molar-refractivity contribution < 1.29 is 33.4 Å². The van der Waals surface area contributed by atoms with Gasteiger partial charge in [-0.05, 0) is 49.8 Å². The number of esters is 1. The van der Waals surface area contributed by atoms with E-state index in [1.165, 1.54) is 12.0 Å². The SMILES string of the molecule is COC(=O)C1CCC2C(=O)N(CCCCCC(=O)NCc3ccc4c(c3)OCO4)C(=O)NC2C1. The fourth-order valence-electron chi connectivity index (χ4n) is 4.83. The van der Waals surface area contributed by atoms with Crippen molar-refractivity contribution in [2.45, 2.75) is 57.5 Å². The van der Waals surface area contributed by atoms with Crippen molar-refractivity contribution in [1.29, 1.82) is 0 Å². The van der Waals surface area contributed by atoms with Crippen LogP contribution in [0.3, 0.4) is 0 Å². The molecular formula is C24H31N3O7. The molecule has 0 bridgehead atoms. The number of methoxy groups -OCH3 is 1. The summed E-state index contributed by atoms with van der Waals surface area (Å²) in [5.74, 6) is 0.324. The predicted molar refractivity (Wildman–Crippen MR) is 120 cm³/mol. The van der Waals surface area contributed by atoms with Crippen molar-refractivity contribution in [2.75, 3.05) is 20.4 Å². The molecule has 184 valence electrons. The number of fused-ring (bicyclic) bond motifs is 2. The largest absolute Gasteiger partial charge is 0.469 e. The zero-order chi connectivity index (χ0) is 24.1. The summed E-state index contributed by atoms with van der Waals surface area (Å²) < 4.78 is 15.4. The molecule has 3 unspecified atom stereocenters. The van der Waals surface area contributed by atoms with E-state index in [-0.39, 0.29) is 42.5 Å². The lowest BCUT2D eigenvalue weighted by Gasteiger charge is -2.41. The first-order valence-corrected chi connectivity index (χ1v) is 11.8. The van der Waals surface area contributed by atoms with E-state index in [4.69, 9.17) is 14.2 Å². The average molecular weight is 474 g/mol. The summed E-state index contributed by atoms with van der Waals surface area (Å²) >= 11 is 0. The van der Waals surface area contributed by atoms with Crippen LogP contribution in [-0.2, 0) is 25.7 Å². The van der Waals surface area contributed by atoms with Gasteiger partial charge in [0.05, 0.1) is 18.9 Å². The molecule has 1 saturated carbocycles. The maximum Gasteiger partial charge on any atom is 0.324 e. The molecule has 34 heavy (non-hydrogen) atoms. The van der Waals surface area contributed by atoms with Gasteiger partial charge in [0, 0.05) is 25.6 Å². The van der Waals surface area contributed by atoms with Gasteiger partial charge in [-0.15, -0.1) is 0 Å². The Hall–Kier alpha value is -3.30. The molecular weight excluding hydrogens is 442 g/mol. The zero-order valence-corrected chi connectivity index (χ0v) is 19.3. The van der Waals surface area contributed by atoms with Crippen molar-refractivity contribution in [2.24, 2.45) is 11.8 Å². The summed E-state index contributed by atoms with van der Waals surface area (Å²) in [6, 6.07) is 4.85. The van der Waals surface area contributed by atoms with E-state index in [0.717, 1.165) is 12.0 Å². The summed E-state index contributed by atoms with van der Waals surface area (Å²) in [5, 5.41) is 5.79. The Kier molecular flexibility index (Phi) is 7.54. The van der Waals surface area contributed by atoms with E-state index < -0.39 is 6.03 Å². The van der Waals surface area contributed by atoms with Crippen LogP contribution in [0.15, 0.2) is 18.2 Å². The van der Waals surface area contributed by atoms with Gasteiger partial charge >= 0.3 is 12.0 Å². The number of carbonyl (C=O) groups excluding carboxylic acids is 4. The number of unbranched alkanes of at least 4 members (excludes halogenated alkanes) is 2. The van der Waals surface area contributed by atoms with Gasteiger partial charge in [0.15, 0.2) is 11.5 Å². The second kappa shape index (κ2) is 10.8. The lowest BCUT2D eigenvalue weighted by Crippen LogP contribution is -2.61. The maximum absolute atomic E-state index is 12.8. The number of rotatable bonds is 9. The van der Waals surface area contributed by atoms with Crippen LogP contribution in [-0.4, -0.2) is 55.2 Å². The Bertz CT molecular complexity index is 950. The minimum absolute atomic E-state index is 0.0466. The molecule has 2 N–H and O–H groups in total. The molecule has 10 nitrogen and oxygen atoms in total. The smallest absolute Gasteiger partial charge is 0.324 e. The highest BCUT2D eigenvalue weighted by molar-refractivity contribution is 5.98. The Balaban J connectivity index is 1.14. The molecule has 1 aromatic rings. The molecule has 4 amide bonds. The zero-order valence-electron chi connectivity index (χ0n) is 19.3. The molecule has 1 aliphatic carbocycles. The number of ether oxygens (including phenoxy) is 3. The number of amides is 4. The predicted octanol–water partition coefficient (Wildman–Crippen LogP) is 2.10. The fraction of sp³-hybridized carbons (Fsp3) is 0.583. The van der Waals surface area contributed by atoms with Crippen LogP contribution >= 0.6 is 0 Å². The maximum atomic E-state index is 12.8. The molecule has 1 saturated heterocycles. The second-order valence-corrected chi connectivity index (χ2v) is 8.96. The van der Waals surface area contributed by atoms with Crippen molar-refractivity contribution in [3.8, 4) is 11.5 Å². The number of hydrogen-bond donors (Lipinski definition) is 2. The molecule has 2 fully saturated rings. The Morgan fingerprint density at radius 3 is 2.79 bits per heavy atom. The standard InChI is InChI=1S/C24H31N3O7/c1-32-23(30)16-7-8-17-18(12-16)26-24(31)27(22(17)29)10-4-2-3-5-21(28)25-13-15-6-9-19-20(11-15)34-14-33-19/h6,9,11,16-18H,2-5,7-8,10,12-14H2,1H3,(H,25,28)(H,26,31). The summed E-state index contributed by atoms with van der Waals surface area (Å²) in [6.07, 6.45) is 4.00. The van der Waals surface area contributed by atoms with Gasteiger partial charge in [0.2, 0.25) is 18.6 Å². The minimum Gasteiger partial charge on any atom is -0.469 e. The number of hydrogen-bond acceptors (Lipinski definition) is 7. The van der Waals surface area contributed by atoms with Gasteiger partial charge in [-0.25, -0.2) is 4.79 Å². The van der Waals surface area contributed by atoms with Crippen LogP contribution < -0.4 is 20.1 Å². The van der Waals surface area contributed by atoms with E-state index >= 15 is 0 Å².